The third-order valence-electron chi connectivity index (χ3n) is 2.97. The SMILES string of the molecule is CCCc1ccc(C(C)NCc2nn[nH]n2)cc1. The largest absolute Gasteiger partial charge is 0.303 e. The summed E-state index contributed by atoms with van der Waals surface area (Å²) in [5.74, 6) is 0.685. The molecule has 96 valence electrons. The van der Waals surface area contributed by atoms with E-state index in [0.717, 1.165) is 6.42 Å². The molecule has 2 aromatic rings. The molecule has 1 aromatic carbocycles. The Morgan fingerprint density at radius 1 is 1.28 bits per heavy atom. The van der Waals surface area contributed by atoms with Crippen LogP contribution in [0.5, 0.6) is 0 Å². The predicted octanol–water partition coefficient (Wildman–Crippen LogP) is 2.00. The molecule has 1 heterocycles. The van der Waals surface area contributed by atoms with Crippen LogP contribution in [0.2, 0.25) is 0 Å². The highest BCUT2D eigenvalue weighted by Crippen LogP contribution is 2.14. The van der Waals surface area contributed by atoms with Crippen LogP contribution in [0.15, 0.2) is 24.3 Å². The van der Waals surface area contributed by atoms with Crippen molar-refractivity contribution in [2.24, 2.45) is 0 Å². The minimum Gasteiger partial charge on any atom is -0.303 e. The molecule has 2 rings (SSSR count). The molecule has 5 heteroatoms. The number of aromatic amines is 1. The average Bonchev–Trinajstić information content (AvgIpc) is 2.90. The second-order valence-corrected chi connectivity index (χ2v) is 4.42. The molecule has 2 N–H and O–H groups in total. The lowest BCUT2D eigenvalue weighted by molar-refractivity contribution is 0.559. The van der Waals surface area contributed by atoms with Crippen LogP contribution in [0.25, 0.3) is 0 Å². The fraction of sp³-hybridized carbons (Fsp3) is 0.462. The number of aromatic nitrogens is 4. The topological polar surface area (TPSA) is 66.5 Å². The first-order valence-electron chi connectivity index (χ1n) is 6.34. The van der Waals surface area contributed by atoms with Crippen molar-refractivity contribution >= 4 is 0 Å². The van der Waals surface area contributed by atoms with Gasteiger partial charge in [0.2, 0.25) is 0 Å². The molecular weight excluding hydrogens is 226 g/mol. The quantitative estimate of drug-likeness (QED) is 0.817. The van der Waals surface area contributed by atoms with Crippen molar-refractivity contribution in [3.05, 3.63) is 41.2 Å². The lowest BCUT2D eigenvalue weighted by Crippen LogP contribution is -2.18. The summed E-state index contributed by atoms with van der Waals surface area (Å²) in [5, 5.41) is 17.2. The molecule has 1 unspecified atom stereocenters. The van der Waals surface area contributed by atoms with Gasteiger partial charge in [-0.1, -0.05) is 42.8 Å². The van der Waals surface area contributed by atoms with Gasteiger partial charge in [-0.05, 0) is 24.5 Å². The highest BCUT2D eigenvalue weighted by atomic mass is 15.5. The van der Waals surface area contributed by atoms with E-state index in [1.54, 1.807) is 0 Å². The van der Waals surface area contributed by atoms with E-state index in [0.29, 0.717) is 12.4 Å². The van der Waals surface area contributed by atoms with Crippen molar-refractivity contribution in [2.45, 2.75) is 39.3 Å². The van der Waals surface area contributed by atoms with E-state index < -0.39 is 0 Å². The van der Waals surface area contributed by atoms with Crippen LogP contribution in [0.3, 0.4) is 0 Å². The number of nitrogens with one attached hydrogen (secondary N) is 2. The van der Waals surface area contributed by atoms with Gasteiger partial charge in [-0.3, -0.25) is 0 Å². The summed E-state index contributed by atoms with van der Waals surface area (Å²) in [5.41, 5.74) is 2.67. The second-order valence-electron chi connectivity index (χ2n) is 4.42. The maximum Gasteiger partial charge on any atom is 0.188 e. The molecule has 0 saturated carbocycles. The van der Waals surface area contributed by atoms with E-state index in [2.05, 4.69) is 64.1 Å². The van der Waals surface area contributed by atoms with Crippen molar-refractivity contribution < 1.29 is 0 Å². The normalized spacial score (nSPS) is 12.6. The second kappa shape index (κ2) is 6.26. The van der Waals surface area contributed by atoms with Crippen molar-refractivity contribution in [3.63, 3.8) is 0 Å². The van der Waals surface area contributed by atoms with Gasteiger partial charge < -0.3 is 5.32 Å². The first kappa shape index (κ1) is 12.7. The molecule has 0 bridgehead atoms. The Balaban J connectivity index is 1.89. The number of aryl methyl sites for hydroxylation is 1. The molecule has 5 nitrogen and oxygen atoms in total. The Kier molecular flexibility index (Phi) is 4.41. The number of rotatable bonds is 6. The van der Waals surface area contributed by atoms with Crippen molar-refractivity contribution in [2.75, 3.05) is 0 Å². The number of hydrogen-bond donors (Lipinski definition) is 2. The van der Waals surface area contributed by atoms with E-state index in [4.69, 9.17) is 0 Å². The van der Waals surface area contributed by atoms with E-state index in [9.17, 15) is 0 Å². The molecule has 0 spiro atoms. The van der Waals surface area contributed by atoms with Crippen LogP contribution in [0.1, 0.15) is 43.3 Å². The molecule has 0 amide bonds. The Morgan fingerprint density at radius 3 is 2.67 bits per heavy atom. The zero-order valence-corrected chi connectivity index (χ0v) is 10.8. The van der Waals surface area contributed by atoms with Crippen molar-refractivity contribution in [1.29, 1.82) is 0 Å². The summed E-state index contributed by atoms with van der Waals surface area (Å²) < 4.78 is 0. The Morgan fingerprint density at radius 2 is 2.06 bits per heavy atom. The van der Waals surface area contributed by atoms with Gasteiger partial charge in [0.15, 0.2) is 5.82 Å². The highest BCUT2D eigenvalue weighted by molar-refractivity contribution is 5.24. The monoisotopic (exact) mass is 245 g/mol. The Hall–Kier alpha value is -1.75. The van der Waals surface area contributed by atoms with Crippen LogP contribution in [0.4, 0.5) is 0 Å². The van der Waals surface area contributed by atoms with E-state index in [1.807, 2.05) is 0 Å². The molecule has 1 aromatic heterocycles. The van der Waals surface area contributed by atoms with Gasteiger partial charge in [0, 0.05) is 6.04 Å². The third kappa shape index (κ3) is 3.37. The van der Waals surface area contributed by atoms with Crippen molar-refractivity contribution in [3.8, 4) is 0 Å². The molecule has 0 aliphatic rings. The summed E-state index contributed by atoms with van der Waals surface area (Å²) in [6, 6.07) is 9.04. The third-order valence-corrected chi connectivity index (χ3v) is 2.97. The first-order chi connectivity index (χ1) is 8.79. The standard InChI is InChI=1S/C13H19N5/c1-3-4-11-5-7-12(8-6-11)10(2)14-9-13-15-17-18-16-13/h5-8,10,14H,3-4,9H2,1-2H3,(H,15,16,17,18). The summed E-state index contributed by atoms with van der Waals surface area (Å²) >= 11 is 0. The van der Waals surface area contributed by atoms with Gasteiger partial charge in [0.05, 0.1) is 6.54 Å². The minimum absolute atomic E-state index is 0.277. The number of benzene rings is 1. The molecule has 0 saturated heterocycles. The fourth-order valence-electron chi connectivity index (χ4n) is 1.88. The molecule has 0 aliphatic carbocycles. The van der Waals surface area contributed by atoms with Gasteiger partial charge >= 0.3 is 0 Å². The fourth-order valence-corrected chi connectivity index (χ4v) is 1.88. The summed E-state index contributed by atoms with van der Waals surface area (Å²) in [7, 11) is 0. The van der Waals surface area contributed by atoms with Crippen LogP contribution >= 0.6 is 0 Å². The zero-order chi connectivity index (χ0) is 12.8. The minimum atomic E-state index is 0.277. The molecule has 1 atom stereocenters. The Bertz CT molecular complexity index is 449. The lowest BCUT2D eigenvalue weighted by atomic mass is 10.0. The van der Waals surface area contributed by atoms with Crippen molar-refractivity contribution in [1.82, 2.24) is 25.9 Å². The van der Waals surface area contributed by atoms with Crippen LogP contribution in [-0.4, -0.2) is 20.6 Å². The lowest BCUT2D eigenvalue weighted by Gasteiger charge is -2.13. The van der Waals surface area contributed by atoms with Gasteiger partial charge in [0.25, 0.3) is 0 Å². The first-order valence-corrected chi connectivity index (χ1v) is 6.34. The molecule has 0 aliphatic heterocycles. The maximum absolute atomic E-state index is 3.91. The van der Waals surface area contributed by atoms with Gasteiger partial charge in [-0.15, -0.1) is 10.2 Å². The highest BCUT2D eigenvalue weighted by Gasteiger charge is 2.06. The molecule has 18 heavy (non-hydrogen) atoms. The average molecular weight is 245 g/mol. The number of H-pyrrole nitrogens is 1. The molecular formula is C13H19N5. The number of tetrazole rings is 1. The van der Waals surface area contributed by atoms with Crippen LogP contribution in [-0.2, 0) is 13.0 Å². The molecule has 0 fully saturated rings. The smallest absolute Gasteiger partial charge is 0.188 e. The summed E-state index contributed by atoms with van der Waals surface area (Å²) in [6.07, 6.45) is 2.33. The van der Waals surface area contributed by atoms with Gasteiger partial charge in [-0.2, -0.15) is 5.21 Å². The Labute approximate surface area is 107 Å². The maximum atomic E-state index is 3.91. The number of nitrogens with zero attached hydrogens (tertiary/aromatic N) is 3. The molecule has 0 radical (unpaired) electrons. The number of hydrogen-bond acceptors (Lipinski definition) is 4. The van der Waals surface area contributed by atoms with E-state index >= 15 is 0 Å². The predicted molar refractivity (Wildman–Crippen MR) is 69.9 cm³/mol. The van der Waals surface area contributed by atoms with E-state index in [-0.39, 0.29) is 6.04 Å². The van der Waals surface area contributed by atoms with Gasteiger partial charge in [0.1, 0.15) is 0 Å². The van der Waals surface area contributed by atoms with E-state index in [1.165, 1.54) is 17.5 Å². The van der Waals surface area contributed by atoms with Gasteiger partial charge in [-0.25, -0.2) is 0 Å². The van der Waals surface area contributed by atoms with Crippen LogP contribution in [0, 0.1) is 0 Å². The van der Waals surface area contributed by atoms with Crippen LogP contribution < -0.4 is 5.32 Å². The zero-order valence-electron chi connectivity index (χ0n) is 10.8. The summed E-state index contributed by atoms with van der Waals surface area (Å²) in [4.78, 5) is 0. The summed E-state index contributed by atoms with van der Waals surface area (Å²) in [6.45, 7) is 4.95.